The van der Waals surface area contributed by atoms with Gasteiger partial charge >= 0.3 is 6.36 Å². The summed E-state index contributed by atoms with van der Waals surface area (Å²) in [5.41, 5.74) is 5.82. The number of nitrogens with one attached hydrogen (secondary N) is 1. The molecule has 0 radical (unpaired) electrons. The molecule has 1 aliphatic rings. The Hall–Kier alpha value is -3.54. The van der Waals surface area contributed by atoms with Crippen molar-refractivity contribution in [3.8, 4) is 11.5 Å². The number of carbonyl (C=O) groups is 2. The number of anilines is 1. The molecule has 0 spiro atoms. The van der Waals surface area contributed by atoms with Crippen molar-refractivity contribution in [2.24, 2.45) is 0 Å². The van der Waals surface area contributed by atoms with E-state index in [2.05, 4.69) is 15.0 Å². The Labute approximate surface area is 194 Å². The summed E-state index contributed by atoms with van der Waals surface area (Å²) in [6.07, 6.45) is -4.11. The van der Waals surface area contributed by atoms with Gasteiger partial charge in [-0.05, 0) is 30.7 Å². The van der Waals surface area contributed by atoms with Crippen molar-refractivity contribution in [2.75, 3.05) is 33.0 Å². The number of rotatable bonds is 7. The Kier molecular flexibility index (Phi) is 7.20. The smallest absolute Gasteiger partial charge is 0.482 e. The zero-order chi connectivity index (χ0) is 25.1. The zero-order valence-corrected chi connectivity index (χ0v) is 18.8. The monoisotopic (exact) mass is 482 g/mol. The fourth-order valence-electron chi connectivity index (χ4n) is 3.55. The van der Waals surface area contributed by atoms with Gasteiger partial charge < -0.3 is 30.2 Å². The van der Waals surface area contributed by atoms with Gasteiger partial charge in [-0.2, -0.15) is 0 Å². The van der Waals surface area contributed by atoms with E-state index in [1.165, 1.54) is 38.6 Å². The van der Waals surface area contributed by atoms with E-state index in [-0.39, 0.29) is 54.2 Å². The minimum Gasteiger partial charge on any atom is -0.482 e. The Morgan fingerprint density at radius 3 is 2.56 bits per heavy atom. The van der Waals surface area contributed by atoms with Crippen LogP contribution < -0.4 is 20.5 Å². The molecule has 2 amide bonds. The van der Waals surface area contributed by atoms with Crippen LogP contribution >= 0.6 is 0 Å². The number of nitrogens with two attached hydrogens (primary N) is 1. The first-order valence-corrected chi connectivity index (χ1v) is 10.3. The normalized spacial score (nSPS) is 20.2. The summed E-state index contributed by atoms with van der Waals surface area (Å²) < 4.78 is 52.5. The molecule has 1 aliphatic heterocycles. The van der Waals surface area contributed by atoms with Crippen molar-refractivity contribution in [1.29, 1.82) is 0 Å². The third-order valence-electron chi connectivity index (χ3n) is 5.54. The SMILES string of the molecule is CNC(=O)c1cnc(N)c(OC2CN(C(=O)Cc3ccc(OC(F)(F)F)cc3)CC2(C)OC)c1. The molecule has 2 unspecified atom stereocenters. The predicted molar refractivity (Wildman–Crippen MR) is 115 cm³/mol. The first-order valence-electron chi connectivity index (χ1n) is 10.3. The van der Waals surface area contributed by atoms with E-state index in [0.717, 1.165) is 12.1 Å². The topological polar surface area (TPSA) is 116 Å². The molecular weight excluding hydrogens is 457 g/mol. The Balaban J connectivity index is 1.70. The van der Waals surface area contributed by atoms with Crippen LogP contribution in [0.4, 0.5) is 19.0 Å². The lowest BCUT2D eigenvalue weighted by atomic mass is 10.0. The Morgan fingerprint density at radius 2 is 1.97 bits per heavy atom. The minimum absolute atomic E-state index is 0.0331. The molecule has 1 saturated heterocycles. The van der Waals surface area contributed by atoms with Gasteiger partial charge in [0.05, 0.1) is 25.1 Å². The molecule has 9 nitrogen and oxygen atoms in total. The second kappa shape index (κ2) is 9.75. The Bertz CT molecular complexity index is 1050. The molecule has 1 aromatic carbocycles. The summed E-state index contributed by atoms with van der Waals surface area (Å²) in [6.45, 7) is 2.16. The van der Waals surface area contributed by atoms with Crippen LogP contribution in [-0.2, 0) is 16.0 Å². The molecule has 0 bridgehead atoms. The maximum Gasteiger partial charge on any atom is 0.573 e. The number of amides is 2. The summed E-state index contributed by atoms with van der Waals surface area (Å²) in [4.78, 5) is 30.3. The van der Waals surface area contributed by atoms with Gasteiger partial charge in [0.25, 0.3) is 5.91 Å². The number of nitrogens with zero attached hydrogens (tertiary/aromatic N) is 2. The van der Waals surface area contributed by atoms with Gasteiger partial charge in [-0.1, -0.05) is 12.1 Å². The average Bonchev–Trinajstić information content (AvgIpc) is 3.12. The van der Waals surface area contributed by atoms with E-state index >= 15 is 0 Å². The number of ether oxygens (including phenoxy) is 3. The van der Waals surface area contributed by atoms with E-state index in [4.69, 9.17) is 15.2 Å². The number of methoxy groups -OCH3 is 1. The fraction of sp³-hybridized carbons (Fsp3) is 0.409. The summed E-state index contributed by atoms with van der Waals surface area (Å²) in [5.74, 6) is -0.720. The second-order valence-corrected chi connectivity index (χ2v) is 7.95. The van der Waals surface area contributed by atoms with Crippen molar-refractivity contribution >= 4 is 17.6 Å². The van der Waals surface area contributed by atoms with Crippen LogP contribution in [0.1, 0.15) is 22.8 Å². The number of carbonyl (C=O) groups excluding carboxylic acids is 2. The molecule has 1 fully saturated rings. The highest BCUT2D eigenvalue weighted by atomic mass is 19.4. The maximum atomic E-state index is 12.9. The lowest BCUT2D eigenvalue weighted by Gasteiger charge is -2.29. The summed E-state index contributed by atoms with van der Waals surface area (Å²) in [5, 5.41) is 2.49. The molecule has 2 atom stereocenters. The van der Waals surface area contributed by atoms with Crippen LogP contribution in [0.2, 0.25) is 0 Å². The van der Waals surface area contributed by atoms with Gasteiger partial charge in [0.2, 0.25) is 5.91 Å². The fourth-order valence-corrected chi connectivity index (χ4v) is 3.55. The highest BCUT2D eigenvalue weighted by Crippen LogP contribution is 2.32. The first kappa shape index (κ1) is 25.1. The lowest BCUT2D eigenvalue weighted by molar-refractivity contribution is -0.274. The molecule has 12 heteroatoms. The van der Waals surface area contributed by atoms with E-state index in [1.54, 1.807) is 11.8 Å². The number of nitrogen functional groups attached to an aromatic ring is 1. The molecular formula is C22H25F3N4O5. The summed E-state index contributed by atoms with van der Waals surface area (Å²) >= 11 is 0. The highest BCUT2D eigenvalue weighted by molar-refractivity contribution is 5.94. The third kappa shape index (κ3) is 5.87. The van der Waals surface area contributed by atoms with Crippen LogP contribution in [0.3, 0.4) is 0 Å². The third-order valence-corrected chi connectivity index (χ3v) is 5.54. The van der Waals surface area contributed by atoms with Crippen LogP contribution in [-0.4, -0.2) is 67.0 Å². The molecule has 2 aromatic rings. The molecule has 0 aliphatic carbocycles. The highest BCUT2D eigenvalue weighted by Gasteiger charge is 2.47. The van der Waals surface area contributed by atoms with Crippen molar-refractivity contribution < 1.29 is 37.0 Å². The maximum absolute atomic E-state index is 12.9. The van der Waals surface area contributed by atoms with Gasteiger partial charge in [0.1, 0.15) is 17.5 Å². The first-order chi connectivity index (χ1) is 15.9. The number of aromatic nitrogens is 1. The van der Waals surface area contributed by atoms with Gasteiger partial charge in [-0.25, -0.2) is 4.98 Å². The van der Waals surface area contributed by atoms with Crippen LogP contribution in [0, 0.1) is 0 Å². The van der Waals surface area contributed by atoms with Crippen LogP contribution in [0.25, 0.3) is 0 Å². The lowest BCUT2D eigenvalue weighted by Crippen LogP contribution is -2.44. The molecule has 3 N–H and O–H groups in total. The standard InChI is InChI=1S/C22H25F3N4O5/c1-21(32-3)12-29(18(30)8-13-4-6-15(7-5-13)34-22(23,24)25)11-17(21)33-16-9-14(20(31)27-2)10-28-19(16)26/h4-7,9-10,17H,8,11-12H2,1-3H3,(H2,26,28)(H,27,31). The minimum atomic E-state index is -4.79. The zero-order valence-electron chi connectivity index (χ0n) is 18.8. The van der Waals surface area contributed by atoms with Crippen molar-refractivity contribution in [1.82, 2.24) is 15.2 Å². The molecule has 0 saturated carbocycles. The van der Waals surface area contributed by atoms with Crippen molar-refractivity contribution in [3.63, 3.8) is 0 Å². The number of halogens is 3. The van der Waals surface area contributed by atoms with Crippen molar-refractivity contribution in [2.45, 2.75) is 31.4 Å². The van der Waals surface area contributed by atoms with Gasteiger partial charge in [-0.15, -0.1) is 13.2 Å². The molecule has 3 rings (SSSR count). The van der Waals surface area contributed by atoms with Crippen LogP contribution in [0.5, 0.6) is 11.5 Å². The number of hydrogen-bond donors (Lipinski definition) is 2. The average molecular weight is 482 g/mol. The number of hydrogen-bond acceptors (Lipinski definition) is 7. The summed E-state index contributed by atoms with van der Waals surface area (Å²) in [6, 6.07) is 6.57. The van der Waals surface area contributed by atoms with Crippen LogP contribution in [0.15, 0.2) is 36.5 Å². The largest absolute Gasteiger partial charge is 0.573 e. The van der Waals surface area contributed by atoms with E-state index < -0.39 is 18.1 Å². The quantitative estimate of drug-likeness (QED) is 0.621. The number of alkyl halides is 3. The van der Waals surface area contributed by atoms with Gasteiger partial charge in [0, 0.05) is 20.4 Å². The molecule has 2 heterocycles. The predicted octanol–water partition coefficient (Wildman–Crippen LogP) is 2.16. The number of pyridine rings is 1. The molecule has 34 heavy (non-hydrogen) atoms. The molecule has 1 aromatic heterocycles. The second-order valence-electron chi connectivity index (χ2n) is 7.95. The van der Waals surface area contributed by atoms with Gasteiger partial charge in [-0.3, -0.25) is 9.59 Å². The molecule has 184 valence electrons. The van der Waals surface area contributed by atoms with E-state index in [1.807, 2.05) is 0 Å². The Morgan fingerprint density at radius 1 is 1.29 bits per heavy atom. The van der Waals surface area contributed by atoms with Gasteiger partial charge in [0.15, 0.2) is 11.6 Å². The summed E-state index contributed by atoms with van der Waals surface area (Å²) in [7, 11) is 2.98. The van der Waals surface area contributed by atoms with E-state index in [9.17, 15) is 22.8 Å². The number of likely N-dealkylation sites (tertiary alicyclic amines) is 1. The van der Waals surface area contributed by atoms with E-state index in [0.29, 0.717) is 5.56 Å². The number of benzene rings is 1. The van der Waals surface area contributed by atoms with Crippen molar-refractivity contribution in [3.05, 3.63) is 47.7 Å².